The van der Waals surface area contributed by atoms with Gasteiger partial charge in [-0.3, -0.25) is 4.79 Å². The van der Waals surface area contributed by atoms with E-state index in [9.17, 15) is 26.4 Å². The summed E-state index contributed by atoms with van der Waals surface area (Å²) in [6.45, 7) is 2.21. The molecule has 0 spiro atoms. The van der Waals surface area contributed by atoms with Crippen molar-refractivity contribution in [2.24, 2.45) is 0 Å². The zero-order valence-electron chi connectivity index (χ0n) is 16.7. The quantitative estimate of drug-likeness (QED) is 0.759. The van der Waals surface area contributed by atoms with E-state index in [-0.39, 0.29) is 22.1 Å². The summed E-state index contributed by atoms with van der Waals surface area (Å²) in [6, 6.07) is 4.10. The van der Waals surface area contributed by atoms with Crippen LogP contribution < -0.4 is 10.2 Å². The third-order valence-electron chi connectivity index (χ3n) is 4.83. The van der Waals surface area contributed by atoms with Crippen molar-refractivity contribution in [3.05, 3.63) is 41.3 Å². The molecule has 3 rings (SSSR count). The lowest BCUT2D eigenvalue weighted by Gasteiger charge is -2.19. The van der Waals surface area contributed by atoms with E-state index < -0.39 is 27.7 Å². The molecule has 0 bridgehead atoms. The molecule has 1 aliphatic heterocycles. The zero-order chi connectivity index (χ0) is 22.3. The molecule has 0 unspecified atom stereocenters. The number of alkyl halides is 3. The fourth-order valence-electron chi connectivity index (χ4n) is 3.29. The number of carbonyl (C=O) groups excluding carboxylic acids is 1. The van der Waals surface area contributed by atoms with E-state index in [0.717, 1.165) is 31.0 Å². The first kappa shape index (κ1) is 22.2. The predicted molar refractivity (Wildman–Crippen MR) is 105 cm³/mol. The van der Waals surface area contributed by atoms with E-state index in [4.69, 9.17) is 4.42 Å². The van der Waals surface area contributed by atoms with Crippen LogP contribution in [0.25, 0.3) is 0 Å². The molecule has 7 nitrogen and oxygen atoms in total. The number of anilines is 2. The lowest BCUT2D eigenvalue weighted by Crippen LogP contribution is -2.28. The largest absolute Gasteiger partial charge is 0.455 e. The van der Waals surface area contributed by atoms with Crippen molar-refractivity contribution in [2.75, 3.05) is 37.4 Å². The highest BCUT2D eigenvalue weighted by atomic mass is 32.2. The number of hydrogen-bond acceptors (Lipinski definition) is 5. The van der Waals surface area contributed by atoms with Crippen molar-refractivity contribution < 1.29 is 30.8 Å². The van der Waals surface area contributed by atoms with Gasteiger partial charge in [0.05, 0.1) is 16.9 Å². The Labute approximate surface area is 172 Å². The van der Waals surface area contributed by atoms with Crippen LogP contribution in [0.3, 0.4) is 0 Å². The van der Waals surface area contributed by atoms with Gasteiger partial charge in [-0.15, -0.1) is 0 Å². The molecule has 30 heavy (non-hydrogen) atoms. The molecule has 1 amide bonds. The number of carbonyl (C=O) groups is 1. The zero-order valence-corrected chi connectivity index (χ0v) is 17.5. The Bertz CT molecular complexity index is 1060. The molecule has 1 saturated heterocycles. The van der Waals surface area contributed by atoms with Crippen molar-refractivity contribution in [3.63, 3.8) is 0 Å². The SMILES string of the molecule is Cc1oc(C(=O)Nc2cc(C(F)(F)F)ccc2N(C)C)cc1S(=O)(=O)N1CCCC1. The number of amides is 1. The van der Waals surface area contributed by atoms with Gasteiger partial charge in [0.25, 0.3) is 5.91 Å². The lowest BCUT2D eigenvalue weighted by molar-refractivity contribution is -0.137. The van der Waals surface area contributed by atoms with Crippen LogP contribution in [0.15, 0.2) is 33.6 Å². The first-order valence-electron chi connectivity index (χ1n) is 9.22. The topological polar surface area (TPSA) is 82.9 Å². The smallest absolute Gasteiger partial charge is 0.416 e. The van der Waals surface area contributed by atoms with Gasteiger partial charge >= 0.3 is 6.18 Å². The first-order valence-corrected chi connectivity index (χ1v) is 10.7. The fourth-order valence-corrected chi connectivity index (χ4v) is 4.97. The van der Waals surface area contributed by atoms with Crippen LogP contribution >= 0.6 is 0 Å². The van der Waals surface area contributed by atoms with Gasteiger partial charge in [-0.1, -0.05) is 0 Å². The molecule has 1 fully saturated rings. The summed E-state index contributed by atoms with van der Waals surface area (Å²) in [5.74, 6) is -1.10. The van der Waals surface area contributed by atoms with E-state index in [1.54, 1.807) is 19.0 Å². The predicted octanol–water partition coefficient (Wildman–Crippen LogP) is 3.71. The molecule has 2 aromatic rings. The maximum absolute atomic E-state index is 13.1. The Hall–Kier alpha value is -2.53. The lowest BCUT2D eigenvalue weighted by atomic mass is 10.1. The summed E-state index contributed by atoms with van der Waals surface area (Å²) in [5, 5.41) is 2.40. The molecular weight excluding hydrogens is 423 g/mol. The van der Waals surface area contributed by atoms with Crippen LogP contribution in [0.5, 0.6) is 0 Å². The second-order valence-electron chi connectivity index (χ2n) is 7.22. The molecule has 164 valence electrons. The van der Waals surface area contributed by atoms with Gasteiger partial charge in [-0.05, 0) is 38.0 Å². The van der Waals surface area contributed by atoms with E-state index >= 15 is 0 Å². The number of nitrogens with one attached hydrogen (secondary N) is 1. The van der Waals surface area contributed by atoms with Crippen LogP contribution in [0, 0.1) is 6.92 Å². The number of halogens is 3. The normalized spacial score (nSPS) is 15.4. The van der Waals surface area contributed by atoms with E-state index in [1.165, 1.54) is 17.3 Å². The van der Waals surface area contributed by atoms with Crippen molar-refractivity contribution >= 4 is 27.3 Å². The average Bonchev–Trinajstić information content (AvgIpc) is 3.31. The summed E-state index contributed by atoms with van der Waals surface area (Å²) in [7, 11) is -0.558. The summed E-state index contributed by atoms with van der Waals surface area (Å²) >= 11 is 0. The molecule has 2 heterocycles. The minimum Gasteiger partial charge on any atom is -0.455 e. The molecule has 0 saturated carbocycles. The maximum atomic E-state index is 13.1. The van der Waals surface area contributed by atoms with Gasteiger partial charge in [0.1, 0.15) is 10.7 Å². The van der Waals surface area contributed by atoms with E-state index in [2.05, 4.69) is 5.32 Å². The average molecular weight is 445 g/mol. The minimum absolute atomic E-state index is 0.0453. The molecule has 1 N–H and O–H groups in total. The minimum atomic E-state index is -4.58. The monoisotopic (exact) mass is 445 g/mol. The molecule has 0 radical (unpaired) electrons. The van der Waals surface area contributed by atoms with Gasteiger partial charge < -0.3 is 14.6 Å². The molecule has 0 atom stereocenters. The van der Waals surface area contributed by atoms with Gasteiger partial charge in [-0.25, -0.2) is 8.42 Å². The van der Waals surface area contributed by atoms with Crippen LogP contribution in [0.4, 0.5) is 24.5 Å². The van der Waals surface area contributed by atoms with Crippen LogP contribution in [-0.2, 0) is 16.2 Å². The Morgan fingerprint density at radius 3 is 2.37 bits per heavy atom. The summed E-state index contributed by atoms with van der Waals surface area (Å²) in [6.07, 6.45) is -3.07. The summed E-state index contributed by atoms with van der Waals surface area (Å²) in [4.78, 5) is 14.1. The highest BCUT2D eigenvalue weighted by Crippen LogP contribution is 2.35. The van der Waals surface area contributed by atoms with Crippen molar-refractivity contribution in [3.8, 4) is 0 Å². The van der Waals surface area contributed by atoms with E-state index in [0.29, 0.717) is 18.8 Å². The van der Waals surface area contributed by atoms with Gasteiger partial charge in [0.2, 0.25) is 10.0 Å². The number of rotatable bonds is 5. The highest BCUT2D eigenvalue weighted by Gasteiger charge is 2.33. The summed E-state index contributed by atoms with van der Waals surface area (Å²) < 4.78 is 71.4. The first-order chi connectivity index (χ1) is 13.9. The van der Waals surface area contributed by atoms with Gasteiger partial charge in [0.15, 0.2) is 5.76 Å². The number of benzene rings is 1. The number of hydrogen-bond donors (Lipinski definition) is 1. The Morgan fingerprint density at radius 1 is 1.17 bits per heavy atom. The Morgan fingerprint density at radius 2 is 1.80 bits per heavy atom. The molecular formula is C19H22F3N3O4S. The Kier molecular flexibility index (Phi) is 5.87. The molecule has 11 heteroatoms. The van der Waals surface area contributed by atoms with Gasteiger partial charge in [0, 0.05) is 33.3 Å². The third kappa shape index (κ3) is 4.31. The van der Waals surface area contributed by atoms with Gasteiger partial charge in [-0.2, -0.15) is 17.5 Å². The third-order valence-corrected chi connectivity index (χ3v) is 6.84. The van der Waals surface area contributed by atoms with Crippen molar-refractivity contribution in [2.45, 2.75) is 30.8 Å². The highest BCUT2D eigenvalue weighted by molar-refractivity contribution is 7.89. The number of sulfonamides is 1. The molecule has 1 aromatic heterocycles. The second kappa shape index (κ2) is 7.95. The fraction of sp³-hybridized carbons (Fsp3) is 0.421. The molecule has 1 aliphatic rings. The number of nitrogens with zero attached hydrogens (tertiary/aromatic N) is 2. The molecule has 1 aromatic carbocycles. The van der Waals surface area contributed by atoms with Crippen LogP contribution in [-0.4, -0.2) is 45.8 Å². The maximum Gasteiger partial charge on any atom is 0.416 e. The van der Waals surface area contributed by atoms with Crippen molar-refractivity contribution in [1.82, 2.24) is 4.31 Å². The molecule has 0 aliphatic carbocycles. The summed E-state index contributed by atoms with van der Waals surface area (Å²) in [5.41, 5.74) is -0.640. The standard InChI is InChI=1S/C19H22F3N3O4S/c1-12-17(30(27,28)25-8-4-5-9-25)11-16(29-12)18(26)23-14-10-13(19(20,21)22)6-7-15(14)24(2)3/h6-7,10-11H,4-5,8-9H2,1-3H3,(H,23,26). The second-order valence-corrected chi connectivity index (χ2v) is 9.13. The van der Waals surface area contributed by atoms with E-state index in [1.807, 2.05) is 0 Å². The Balaban J connectivity index is 1.92. The van der Waals surface area contributed by atoms with Crippen LogP contribution in [0.1, 0.15) is 34.7 Å². The van der Waals surface area contributed by atoms with Crippen molar-refractivity contribution in [1.29, 1.82) is 0 Å². The number of furan rings is 1. The van der Waals surface area contributed by atoms with Crippen LogP contribution in [0.2, 0.25) is 0 Å². The number of aryl methyl sites for hydroxylation is 1.